The first-order chi connectivity index (χ1) is 17.7. The number of aryl methyl sites for hydroxylation is 1. The average Bonchev–Trinajstić information content (AvgIpc) is 2.92. The molecule has 4 heteroatoms. The molecule has 3 rings (SSSR count). The van der Waals surface area contributed by atoms with Crippen LogP contribution in [0.2, 0.25) is 0 Å². The fraction of sp³-hybridized carbons (Fsp3) is 0.625. The van der Waals surface area contributed by atoms with Crippen LogP contribution in [-0.2, 0) is 6.42 Å². The molecular formula is C32H47NO3. The van der Waals surface area contributed by atoms with Crippen LogP contribution < -0.4 is 9.47 Å². The third-order valence-corrected chi connectivity index (χ3v) is 7.61. The van der Waals surface area contributed by atoms with Crippen molar-refractivity contribution in [3.8, 4) is 11.5 Å². The molecule has 1 fully saturated rings. The van der Waals surface area contributed by atoms with E-state index in [-0.39, 0.29) is 5.97 Å². The van der Waals surface area contributed by atoms with Crippen LogP contribution >= 0.6 is 0 Å². The van der Waals surface area contributed by atoms with Gasteiger partial charge in [0.2, 0.25) is 0 Å². The van der Waals surface area contributed by atoms with Crippen molar-refractivity contribution in [3.63, 3.8) is 0 Å². The van der Waals surface area contributed by atoms with Crippen LogP contribution in [0.15, 0.2) is 42.6 Å². The molecule has 4 nitrogen and oxygen atoms in total. The highest BCUT2D eigenvalue weighted by molar-refractivity contribution is 5.91. The van der Waals surface area contributed by atoms with Gasteiger partial charge in [-0.25, -0.2) is 4.79 Å². The molecule has 0 radical (unpaired) electrons. The van der Waals surface area contributed by atoms with E-state index < -0.39 is 0 Å². The summed E-state index contributed by atoms with van der Waals surface area (Å²) in [5.74, 6) is 2.71. The van der Waals surface area contributed by atoms with Gasteiger partial charge in [-0.1, -0.05) is 90.9 Å². The summed E-state index contributed by atoms with van der Waals surface area (Å²) in [6.07, 6.45) is 21.0. The first-order valence-corrected chi connectivity index (χ1v) is 14.6. The van der Waals surface area contributed by atoms with Gasteiger partial charge in [0, 0.05) is 5.69 Å². The lowest BCUT2D eigenvalue weighted by atomic mass is 9.78. The number of esters is 1. The van der Waals surface area contributed by atoms with Crippen LogP contribution in [0, 0.1) is 11.8 Å². The van der Waals surface area contributed by atoms with Gasteiger partial charge in [-0.15, -0.1) is 0 Å². The van der Waals surface area contributed by atoms with Gasteiger partial charge in [0.15, 0.2) is 0 Å². The van der Waals surface area contributed by atoms with Crippen molar-refractivity contribution in [2.24, 2.45) is 11.8 Å². The molecule has 0 saturated heterocycles. The Labute approximate surface area is 219 Å². The summed E-state index contributed by atoms with van der Waals surface area (Å²) < 4.78 is 11.3. The Morgan fingerprint density at radius 2 is 1.42 bits per heavy atom. The summed E-state index contributed by atoms with van der Waals surface area (Å²) in [7, 11) is 0. The summed E-state index contributed by atoms with van der Waals surface area (Å²) in [5.41, 5.74) is 1.59. The van der Waals surface area contributed by atoms with Crippen molar-refractivity contribution in [2.45, 2.75) is 110 Å². The van der Waals surface area contributed by atoms with Crippen LogP contribution in [0.4, 0.5) is 0 Å². The van der Waals surface area contributed by atoms with E-state index in [1.807, 2.05) is 24.3 Å². The second kappa shape index (κ2) is 16.4. The highest BCUT2D eigenvalue weighted by Gasteiger charge is 2.20. The molecule has 0 amide bonds. The molecule has 0 spiro atoms. The van der Waals surface area contributed by atoms with Crippen LogP contribution in [0.5, 0.6) is 11.5 Å². The van der Waals surface area contributed by atoms with Gasteiger partial charge in [-0.05, 0) is 67.5 Å². The molecule has 1 aliphatic carbocycles. The lowest BCUT2D eigenvalue weighted by Gasteiger charge is -2.28. The maximum absolute atomic E-state index is 12.5. The number of pyridine rings is 1. The summed E-state index contributed by atoms with van der Waals surface area (Å²) in [4.78, 5) is 17.1. The van der Waals surface area contributed by atoms with E-state index in [0.717, 1.165) is 36.1 Å². The molecule has 0 bridgehead atoms. The van der Waals surface area contributed by atoms with E-state index in [0.29, 0.717) is 17.9 Å². The number of ether oxygens (including phenoxy) is 2. The molecule has 1 aromatic carbocycles. The Morgan fingerprint density at radius 3 is 2.08 bits per heavy atom. The Balaban J connectivity index is 1.34. The van der Waals surface area contributed by atoms with Gasteiger partial charge >= 0.3 is 5.97 Å². The Bertz CT molecular complexity index is 854. The van der Waals surface area contributed by atoms with Gasteiger partial charge in [-0.2, -0.15) is 0 Å². The molecule has 0 aliphatic heterocycles. The predicted molar refractivity (Wildman–Crippen MR) is 148 cm³/mol. The minimum Gasteiger partial charge on any atom is -0.494 e. The number of carbonyl (C=O) groups is 1. The van der Waals surface area contributed by atoms with E-state index in [1.165, 1.54) is 83.5 Å². The number of carbonyl (C=O) groups excluding carboxylic acids is 1. The summed E-state index contributed by atoms with van der Waals surface area (Å²) in [5, 5.41) is 0. The third-order valence-electron chi connectivity index (χ3n) is 7.61. The average molecular weight is 494 g/mol. The second-order valence-electron chi connectivity index (χ2n) is 10.6. The molecule has 198 valence electrons. The van der Waals surface area contributed by atoms with Crippen molar-refractivity contribution in [1.29, 1.82) is 0 Å². The first kappa shape index (κ1) is 28.2. The van der Waals surface area contributed by atoms with Crippen LogP contribution in [0.25, 0.3) is 0 Å². The maximum atomic E-state index is 12.5. The van der Waals surface area contributed by atoms with Crippen molar-refractivity contribution in [3.05, 3.63) is 53.9 Å². The zero-order chi connectivity index (χ0) is 25.4. The molecule has 0 atom stereocenters. The van der Waals surface area contributed by atoms with Crippen molar-refractivity contribution < 1.29 is 14.3 Å². The van der Waals surface area contributed by atoms with E-state index >= 15 is 0 Å². The van der Waals surface area contributed by atoms with Gasteiger partial charge < -0.3 is 9.47 Å². The molecule has 1 aliphatic rings. The highest BCUT2D eigenvalue weighted by Crippen LogP contribution is 2.34. The van der Waals surface area contributed by atoms with Gasteiger partial charge in [0.1, 0.15) is 11.5 Å². The molecule has 0 N–H and O–H groups in total. The normalized spacial score (nSPS) is 17.6. The van der Waals surface area contributed by atoms with Crippen molar-refractivity contribution in [2.75, 3.05) is 6.61 Å². The van der Waals surface area contributed by atoms with Crippen LogP contribution in [0.1, 0.15) is 120 Å². The number of rotatable bonds is 16. The van der Waals surface area contributed by atoms with Gasteiger partial charge in [0.25, 0.3) is 0 Å². The quantitative estimate of drug-likeness (QED) is 0.173. The van der Waals surface area contributed by atoms with Crippen LogP contribution in [-0.4, -0.2) is 17.6 Å². The van der Waals surface area contributed by atoms with Gasteiger partial charge in [0.05, 0.1) is 18.4 Å². The third kappa shape index (κ3) is 10.3. The Morgan fingerprint density at radius 1 is 0.778 bits per heavy atom. The zero-order valence-electron chi connectivity index (χ0n) is 22.7. The predicted octanol–water partition coefficient (Wildman–Crippen LogP) is 8.97. The largest absolute Gasteiger partial charge is 0.494 e. The lowest BCUT2D eigenvalue weighted by Crippen LogP contribution is -2.15. The standard InChI is InChI=1S/C32H47NO3/c1-3-5-7-8-9-10-24-35-30-21-17-28(18-22-30)32(34)36-31-23-20-29(33-25-31)19-16-27-14-12-26(13-15-27)11-6-4-2/h17-18,20-23,25-27H,3-16,19,24H2,1-2H3/t26-,27-. The maximum Gasteiger partial charge on any atom is 0.343 e. The number of unbranched alkanes of at least 4 members (excludes halogenated alkanes) is 6. The van der Waals surface area contributed by atoms with E-state index in [2.05, 4.69) is 18.8 Å². The Hall–Kier alpha value is -2.36. The fourth-order valence-electron chi connectivity index (χ4n) is 5.20. The second-order valence-corrected chi connectivity index (χ2v) is 10.6. The topological polar surface area (TPSA) is 48.4 Å². The summed E-state index contributed by atoms with van der Waals surface area (Å²) in [6.45, 7) is 5.24. The molecule has 36 heavy (non-hydrogen) atoms. The zero-order valence-corrected chi connectivity index (χ0v) is 22.7. The first-order valence-electron chi connectivity index (χ1n) is 14.6. The number of benzene rings is 1. The fourth-order valence-corrected chi connectivity index (χ4v) is 5.20. The van der Waals surface area contributed by atoms with E-state index in [1.54, 1.807) is 18.3 Å². The minimum absolute atomic E-state index is 0.369. The number of nitrogens with zero attached hydrogens (tertiary/aromatic N) is 1. The molecule has 1 saturated carbocycles. The van der Waals surface area contributed by atoms with Gasteiger partial charge in [-0.3, -0.25) is 4.98 Å². The number of aromatic nitrogens is 1. The molecule has 1 aromatic heterocycles. The molecule has 0 unspecified atom stereocenters. The Kier molecular flexibility index (Phi) is 12.9. The molecular weight excluding hydrogens is 446 g/mol. The van der Waals surface area contributed by atoms with Crippen LogP contribution in [0.3, 0.4) is 0 Å². The number of hydrogen-bond donors (Lipinski definition) is 0. The SMILES string of the molecule is CCCCCCCCOc1ccc(C(=O)Oc2ccc(CC[C@H]3CC[C@H](CCCC)CC3)nc2)cc1. The van der Waals surface area contributed by atoms with E-state index in [9.17, 15) is 4.79 Å². The molecule has 2 aromatic rings. The summed E-state index contributed by atoms with van der Waals surface area (Å²) >= 11 is 0. The van der Waals surface area contributed by atoms with Crippen molar-refractivity contribution >= 4 is 5.97 Å². The number of hydrogen-bond acceptors (Lipinski definition) is 4. The van der Waals surface area contributed by atoms with E-state index in [4.69, 9.17) is 9.47 Å². The monoisotopic (exact) mass is 493 g/mol. The smallest absolute Gasteiger partial charge is 0.343 e. The lowest BCUT2D eigenvalue weighted by molar-refractivity contribution is 0.0734. The minimum atomic E-state index is -0.369. The van der Waals surface area contributed by atoms with Crippen molar-refractivity contribution in [1.82, 2.24) is 4.98 Å². The summed E-state index contributed by atoms with van der Waals surface area (Å²) in [6, 6.07) is 11.1. The molecule has 1 heterocycles. The highest BCUT2D eigenvalue weighted by atomic mass is 16.5.